The normalized spacial score (nSPS) is 22.2. The van der Waals surface area contributed by atoms with Gasteiger partial charge in [-0.05, 0) is 18.1 Å². The van der Waals surface area contributed by atoms with Crippen molar-refractivity contribution in [1.29, 1.82) is 0 Å². The number of hydrogen-bond acceptors (Lipinski definition) is 3. The summed E-state index contributed by atoms with van der Waals surface area (Å²) in [7, 11) is 0. The molecule has 0 spiro atoms. The maximum absolute atomic E-state index is 5.70. The Bertz CT molecular complexity index is 283. The van der Waals surface area contributed by atoms with E-state index in [9.17, 15) is 0 Å². The highest BCUT2D eigenvalue weighted by Crippen LogP contribution is 2.08. The van der Waals surface area contributed by atoms with Crippen molar-refractivity contribution in [2.24, 2.45) is 0 Å². The van der Waals surface area contributed by atoms with E-state index in [1.165, 1.54) is 5.56 Å². The Morgan fingerprint density at radius 1 is 1.57 bits per heavy atom. The third-order valence-electron chi connectivity index (χ3n) is 2.27. The fourth-order valence-corrected chi connectivity index (χ4v) is 1.67. The van der Waals surface area contributed by atoms with Crippen molar-refractivity contribution in [2.45, 2.75) is 12.5 Å². The van der Waals surface area contributed by atoms with Crippen LogP contribution >= 0.6 is 11.6 Å². The molecule has 0 aromatic carbocycles. The fourth-order valence-electron chi connectivity index (χ4n) is 1.56. The van der Waals surface area contributed by atoms with E-state index in [-0.39, 0.29) is 0 Å². The third-order valence-corrected chi connectivity index (χ3v) is 2.49. The number of nitrogens with one attached hydrogen (secondary N) is 1. The number of aromatic nitrogens is 1. The lowest BCUT2D eigenvalue weighted by Gasteiger charge is -2.23. The molecule has 1 fully saturated rings. The van der Waals surface area contributed by atoms with Crippen LogP contribution < -0.4 is 5.32 Å². The van der Waals surface area contributed by atoms with Crippen molar-refractivity contribution < 1.29 is 4.74 Å². The fraction of sp³-hybridized carbons (Fsp3) is 0.500. The molecule has 0 radical (unpaired) electrons. The number of morpholine rings is 1. The van der Waals surface area contributed by atoms with Crippen LogP contribution in [-0.2, 0) is 11.2 Å². The molecule has 0 amide bonds. The van der Waals surface area contributed by atoms with Gasteiger partial charge in [-0.1, -0.05) is 17.7 Å². The molecule has 1 aromatic heterocycles. The smallest absolute Gasteiger partial charge is 0.129 e. The predicted octanol–water partition coefficient (Wildman–Crippen LogP) is 1.27. The Morgan fingerprint density at radius 2 is 2.50 bits per heavy atom. The van der Waals surface area contributed by atoms with Crippen LogP contribution in [0.5, 0.6) is 0 Å². The van der Waals surface area contributed by atoms with Gasteiger partial charge in [0.05, 0.1) is 13.2 Å². The van der Waals surface area contributed by atoms with Gasteiger partial charge in [0.15, 0.2) is 0 Å². The summed E-state index contributed by atoms with van der Waals surface area (Å²) < 4.78 is 5.37. The van der Waals surface area contributed by atoms with E-state index in [0.29, 0.717) is 11.2 Å². The highest BCUT2D eigenvalue weighted by Gasteiger charge is 2.13. The molecule has 3 nitrogen and oxygen atoms in total. The van der Waals surface area contributed by atoms with Crippen LogP contribution in [0.15, 0.2) is 18.3 Å². The van der Waals surface area contributed by atoms with Gasteiger partial charge in [-0.25, -0.2) is 4.98 Å². The zero-order chi connectivity index (χ0) is 9.80. The van der Waals surface area contributed by atoms with Crippen LogP contribution in [-0.4, -0.2) is 30.8 Å². The summed E-state index contributed by atoms with van der Waals surface area (Å²) in [6, 6.07) is 4.23. The zero-order valence-corrected chi connectivity index (χ0v) is 8.63. The molecule has 1 N–H and O–H groups in total. The van der Waals surface area contributed by atoms with Crippen LogP contribution in [0.25, 0.3) is 0 Å². The van der Waals surface area contributed by atoms with Crippen LogP contribution in [0.1, 0.15) is 5.56 Å². The van der Waals surface area contributed by atoms with Crippen molar-refractivity contribution >= 4 is 11.6 Å². The van der Waals surface area contributed by atoms with Gasteiger partial charge >= 0.3 is 0 Å². The number of nitrogens with zero attached hydrogens (tertiary/aromatic N) is 1. The largest absolute Gasteiger partial charge is 0.379 e. The van der Waals surface area contributed by atoms with Crippen molar-refractivity contribution in [2.75, 3.05) is 19.8 Å². The Hall–Kier alpha value is -0.640. The van der Waals surface area contributed by atoms with E-state index in [1.54, 1.807) is 0 Å². The van der Waals surface area contributed by atoms with E-state index < -0.39 is 0 Å². The third kappa shape index (κ3) is 2.67. The van der Waals surface area contributed by atoms with Crippen LogP contribution in [0.4, 0.5) is 0 Å². The SMILES string of the molecule is Clc1ccc(CC2COCCN2)cn1. The molecule has 1 aromatic rings. The molecule has 1 unspecified atom stereocenters. The Kier molecular flexibility index (Phi) is 3.35. The summed E-state index contributed by atoms with van der Waals surface area (Å²) in [5.74, 6) is 0. The minimum absolute atomic E-state index is 0.409. The molecule has 2 rings (SSSR count). The Labute approximate surface area is 88.4 Å². The Balaban J connectivity index is 1.92. The van der Waals surface area contributed by atoms with Gasteiger partial charge in [0.1, 0.15) is 5.15 Å². The highest BCUT2D eigenvalue weighted by molar-refractivity contribution is 6.29. The molecular weight excluding hydrogens is 200 g/mol. The van der Waals surface area contributed by atoms with E-state index in [2.05, 4.69) is 10.3 Å². The molecular formula is C10H13ClN2O. The topological polar surface area (TPSA) is 34.1 Å². The minimum atomic E-state index is 0.409. The summed E-state index contributed by atoms with van der Waals surface area (Å²) >= 11 is 5.70. The lowest BCUT2D eigenvalue weighted by Crippen LogP contribution is -2.42. The first-order chi connectivity index (χ1) is 6.84. The van der Waals surface area contributed by atoms with Gasteiger partial charge in [-0.15, -0.1) is 0 Å². The Morgan fingerprint density at radius 3 is 3.14 bits per heavy atom. The first kappa shape index (κ1) is 9.90. The van der Waals surface area contributed by atoms with Crippen LogP contribution in [0, 0.1) is 0 Å². The molecule has 1 saturated heterocycles. The van der Waals surface area contributed by atoms with Crippen molar-refractivity contribution in [3.63, 3.8) is 0 Å². The van der Waals surface area contributed by atoms with Gasteiger partial charge in [0, 0.05) is 18.8 Å². The molecule has 0 saturated carbocycles. The molecule has 1 aliphatic heterocycles. The molecule has 76 valence electrons. The maximum atomic E-state index is 5.70. The van der Waals surface area contributed by atoms with Crippen LogP contribution in [0.2, 0.25) is 5.15 Å². The summed E-state index contributed by atoms with van der Waals surface area (Å²) in [6.07, 6.45) is 2.77. The van der Waals surface area contributed by atoms with Gasteiger partial charge in [-0.2, -0.15) is 0 Å². The van der Waals surface area contributed by atoms with E-state index in [0.717, 1.165) is 26.2 Å². The van der Waals surface area contributed by atoms with Gasteiger partial charge in [0.25, 0.3) is 0 Å². The standard InChI is InChI=1S/C10H13ClN2O/c11-10-2-1-8(6-13-10)5-9-7-14-4-3-12-9/h1-2,6,9,12H,3-5,7H2. The van der Waals surface area contributed by atoms with E-state index in [1.807, 2.05) is 18.3 Å². The number of hydrogen-bond donors (Lipinski definition) is 1. The van der Waals surface area contributed by atoms with Crippen molar-refractivity contribution in [3.05, 3.63) is 29.0 Å². The molecule has 4 heteroatoms. The lowest BCUT2D eigenvalue weighted by molar-refractivity contribution is 0.0770. The number of ether oxygens (including phenoxy) is 1. The van der Waals surface area contributed by atoms with Gasteiger partial charge < -0.3 is 10.1 Å². The lowest BCUT2D eigenvalue weighted by atomic mass is 10.1. The second-order valence-electron chi connectivity index (χ2n) is 3.42. The molecule has 1 aliphatic rings. The molecule has 0 aliphatic carbocycles. The quantitative estimate of drug-likeness (QED) is 0.750. The second kappa shape index (κ2) is 4.73. The highest BCUT2D eigenvalue weighted by atomic mass is 35.5. The first-order valence-corrected chi connectivity index (χ1v) is 5.14. The monoisotopic (exact) mass is 212 g/mol. The van der Waals surface area contributed by atoms with Crippen molar-refractivity contribution in [3.8, 4) is 0 Å². The van der Waals surface area contributed by atoms with Gasteiger partial charge in [0.2, 0.25) is 0 Å². The molecule has 14 heavy (non-hydrogen) atoms. The summed E-state index contributed by atoms with van der Waals surface area (Å²) in [5, 5.41) is 3.94. The summed E-state index contributed by atoms with van der Waals surface area (Å²) in [4.78, 5) is 4.04. The number of pyridine rings is 1. The van der Waals surface area contributed by atoms with E-state index >= 15 is 0 Å². The molecule has 0 bridgehead atoms. The molecule has 1 atom stereocenters. The molecule has 2 heterocycles. The average molecular weight is 213 g/mol. The predicted molar refractivity (Wildman–Crippen MR) is 55.6 cm³/mol. The number of halogens is 1. The van der Waals surface area contributed by atoms with Gasteiger partial charge in [-0.3, -0.25) is 0 Å². The summed E-state index contributed by atoms with van der Waals surface area (Å²) in [5.41, 5.74) is 1.19. The van der Waals surface area contributed by atoms with Crippen molar-refractivity contribution in [1.82, 2.24) is 10.3 Å². The number of rotatable bonds is 2. The zero-order valence-electron chi connectivity index (χ0n) is 7.87. The van der Waals surface area contributed by atoms with Crippen LogP contribution in [0.3, 0.4) is 0 Å². The first-order valence-electron chi connectivity index (χ1n) is 4.76. The average Bonchev–Trinajstić information content (AvgIpc) is 2.23. The van der Waals surface area contributed by atoms with E-state index in [4.69, 9.17) is 16.3 Å². The maximum Gasteiger partial charge on any atom is 0.129 e. The minimum Gasteiger partial charge on any atom is -0.379 e. The summed E-state index contributed by atoms with van der Waals surface area (Å²) in [6.45, 7) is 2.53. The second-order valence-corrected chi connectivity index (χ2v) is 3.81.